The van der Waals surface area contributed by atoms with Crippen molar-refractivity contribution < 1.29 is 4.79 Å². The van der Waals surface area contributed by atoms with Gasteiger partial charge in [0.25, 0.3) is 5.91 Å². The molecule has 5 nitrogen and oxygen atoms in total. The zero-order valence-electron chi connectivity index (χ0n) is 15.0. The van der Waals surface area contributed by atoms with Crippen molar-refractivity contribution in [3.8, 4) is 5.69 Å². The Kier molecular flexibility index (Phi) is 5.03. The molecular weight excluding hydrogens is 312 g/mol. The Hall–Kier alpha value is -2.82. The summed E-state index contributed by atoms with van der Waals surface area (Å²) >= 11 is 0. The van der Waals surface area contributed by atoms with Gasteiger partial charge in [-0.2, -0.15) is 0 Å². The fourth-order valence-electron chi connectivity index (χ4n) is 3.16. The SMILES string of the molecule is Cc1ccccc1-n1c(C)cc(C(=O)NCCCn2ccnc2)c1C. The number of amides is 1. The molecule has 0 aliphatic heterocycles. The van der Waals surface area contributed by atoms with E-state index >= 15 is 0 Å². The minimum atomic E-state index is -0.0152. The molecule has 3 rings (SSSR count). The molecule has 0 radical (unpaired) electrons. The van der Waals surface area contributed by atoms with Crippen LogP contribution in [0.1, 0.15) is 33.7 Å². The number of aromatic nitrogens is 3. The van der Waals surface area contributed by atoms with Crippen LogP contribution in [0.15, 0.2) is 49.1 Å². The van der Waals surface area contributed by atoms with Gasteiger partial charge in [-0.1, -0.05) is 18.2 Å². The lowest BCUT2D eigenvalue weighted by atomic mass is 10.2. The second-order valence-electron chi connectivity index (χ2n) is 6.32. The van der Waals surface area contributed by atoms with Crippen LogP contribution in [-0.4, -0.2) is 26.6 Å². The van der Waals surface area contributed by atoms with Crippen LogP contribution in [0.3, 0.4) is 0 Å². The number of para-hydroxylation sites is 1. The Morgan fingerprint density at radius 3 is 2.72 bits per heavy atom. The van der Waals surface area contributed by atoms with E-state index in [1.165, 1.54) is 5.56 Å². The average Bonchev–Trinajstić information content (AvgIpc) is 3.21. The van der Waals surface area contributed by atoms with Crippen molar-refractivity contribution in [1.82, 2.24) is 19.4 Å². The Balaban J connectivity index is 1.69. The monoisotopic (exact) mass is 336 g/mol. The molecule has 0 aliphatic rings. The van der Waals surface area contributed by atoms with E-state index in [4.69, 9.17) is 0 Å². The smallest absolute Gasteiger partial charge is 0.253 e. The summed E-state index contributed by atoms with van der Waals surface area (Å²) in [6.45, 7) is 7.62. The topological polar surface area (TPSA) is 51.9 Å². The highest BCUT2D eigenvalue weighted by atomic mass is 16.1. The third-order valence-corrected chi connectivity index (χ3v) is 4.47. The molecule has 1 amide bonds. The van der Waals surface area contributed by atoms with E-state index in [1.54, 1.807) is 12.5 Å². The predicted octanol–water partition coefficient (Wildman–Crippen LogP) is 3.42. The molecule has 5 heteroatoms. The van der Waals surface area contributed by atoms with Crippen LogP contribution in [0.2, 0.25) is 0 Å². The molecule has 0 atom stereocenters. The Bertz CT molecular complexity index is 862. The molecule has 2 heterocycles. The number of hydrogen-bond donors (Lipinski definition) is 1. The van der Waals surface area contributed by atoms with Gasteiger partial charge in [0.2, 0.25) is 0 Å². The van der Waals surface area contributed by atoms with Gasteiger partial charge in [-0.25, -0.2) is 4.98 Å². The summed E-state index contributed by atoms with van der Waals surface area (Å²) in [5.74, 6) is -0.0152. The highest BCUT2D eigenvalue weighted by molar-refractivity contribution is 5.95. The average molecular weight is 336 g/mol. The lowest BCUT2D eigenvalue weighted by Crippen LogP contribution is -2.25. The van der Waals surface area contributed by atoms with Crippen molar-refractivity contribution in [2.24, 2.45) is 0 Å². The van der Waals surface area contributed by atoms with Crippen molar-refractivity contribution >= 4 is 5.91 Å². The lowest BCUT2D eigenvalue weighted by Gasteiger charge is -2.13. The second-order valence-corrected chi connectivity index (χ2v) is 6.32. The van der Waals surface area contributed by atoms with Gasteiger partial charge in [-0.15, -0.1) is 0 Å². The zero-order valence-corrected chi connectivity index (χ0v) is 15.0. The van der Waals surface area contributed by atoms with Crippen molar-refractivity contribution in [1.29, 1.82) is 0 Å². The Morgan fingerprint density at radius 1 is 1.20 bits per heavy atom. The molecule has 25 heavy (non-hydrogen) atoms. The van der Waals surface area contributed by atoms with Gasteiger partial charge in [-0.05, 0) is 44.9 Å². The molecule has 0 bridgehead atoms. The largest absolute Gasteiger partial charge is 0.352 e. The van der Waals surface area contributed by atoms with Gasteiger partial charge in [0.1, 0.15) is 0 Å². The summed E-state index contributed by atoms with van der Waals surface area (Å²) in [5, 5.41) is 3.02. The van der Waals surface area contributed by atoms with E-state index in [9.17, 15) is 4.79 Å². The highest BCUT2D eigenvalue weighted by Crippen LogP contribution is 2.23. The quantitative estimate of drug-likeness (QED) is 0.701. The van der Waals surface area contributed by atoms with Crippen LogP contribution in [0.5, 0.6) is 0 Å². The number of carbonyl (C=O) groups is 1. The predicted molar refractivity (Wildman–Crippen MR) is 99.2 cm³/mol. The zero-order chi connectivity index (χ0) is 17.8. The van der Waals surface area contributed by atoms with Gasteiger partial charge in [-0.3, -0.25) is 4.79 Å². The molecular formula is C20H24N4O. The summed E-state index contributed by atoms with van der Waals surface area (Å²) in [4.78, 5) is 16.6. The van der Waals surface area contributed by atoms with E-state index in [-0.39, 0.29) is 5.91 Å². The number of nitrogens with one attached hydrogen (secondary N) is 1. The van der Waals surface area contributed by atoms with Crippen molar-refractivity contribution in [2.75, 3.05) is 6.54 Å². The summed E-state index contributed by atoms with van der Waals surface area (Å²) in [6, 6.07) is 10.2. The second kappa shape index (κ2) is 7.38. The third-order valence-electron chi connectivity index (χ3n) is 4.47. The number of rotatable bonds is 6. The first-order chi connectivity index (χ1) is 12.1. The number of benzene rings is 1. The maximum atomic E-state index is 12.6. The number of imidazole rings is 1. The maximum absolute atomic E-state index is 12.6. The molecule has 0 saturated carbocycles. The molecule has 0 fully saturated rings. The minimum absolute atomic E-state index is 0.0152. The van der Waals surface area contributed by atoms with Gasteiger partial charge in [0, 0.05) is 42.6 Å². The molecule has 130 valence electrons. The summed E-state index contributed by atoms with van der Waals surface area (Å²) < 4.78 is 4.16. The number of nitrogens with zero attached hydrogens (tertiary/aromatic N) is 3. The van der Waals surface area contributed by atoms with E-state index in [1.807, 2.05) is 42.8 Å². The van der Waals surface area contributed by atoms with E-state index in [0.717, 1.165) is 35.6 Å². The van der Waals surface area contributed by atoms with Crippen molar-refractivity contribution in [3.05, 3.63) is 71.6 Å². The fourth-order valence-corrected chi connectivity index (χ4v) is 3.16. The molecule has 0 spiro atoms. The van der Waals surface area contributed by atoms with Gasteiger partial charge in [0.15, 0.2) is 0 Å². The summed E-state index contributed by atoms with van der Waals surface area (Å²) in [5.41, 5.74) is 5.09. The van der Waals surface area contributed by atoms with Crippen LogP contribution < -0.4 is 5.32 Å². The summed E-state index contributed by atoms with van der Waals surface area (Å²) in [7, 11) is 0. The minimum Gasteiger partial charge on any atom is -0.352 e. The number of carbonyl (C=O) groups excluding carboxylic acids is 1. The first-order valence-electron chi connectivity index (χ1n) is 8.57. The number of aryl methyl sites for hydroxylation is 3. The van der Waals surface area contributed by atoms with Crippen molar-refractivity contribution in [3.63, 3.8) is 0 Å². The van der Waals surface area contributed by atoms with Crippen LogP contribution in [0.4, 0.5) is 0 Å². The Morgan fingerprint density at radius 2 is 2.00 bits per heavy atom. The third kappa shape index (κ3) is 3.65. The van der Waals surface area contributed by atoms with Crippen molar-refractivity contribution in [2.45, 2.75) is 33.7 Å². The molecule has 1 N–H and O–H groups in total. The van der Waals surface area contributed by atoms with Gasteiger partial charge >= 0.3 is 0 Å². The first-order valence-corrected chi connectivity index (χ1v) is 8.57. The molecule has 3 aromatic rings. The van der Waals surface area contributed by atoms with Crippen LogP contribution >= 0.6 is 0 Å². The van der Waals surface area contributed by atoms with E-state index in [2.05, 4.69) is 33.9 Å². The van der Waals surface area contributed by atoms with Crippen LogP contribution in [0, 0.1) is 20.8 Å². The highest BCUT2D eigenvalue weighted by Gasteiger charge is 2.17. The molecule has 0 aliphatic carbocycles. The molecule has 0 unspecified atom stereocenters. The van der Waals surface area contributed by atoms with E-state index in [0.29, 0.717) is 6.54 Å². The first kappa shape index (κ1) is 17.0. The fraction of sp³-hybridized carbons (Fsp3) is 0.300. The molecule has 0 saturated heterocycles. The maximum Gasteiger partial charge on any atom is 0.253 e. The lowest BCUT2D eigenvalue weighted by molar-refractivity contribution is 0.0952. The van der Waals surface area contributed by atoms with Crippen LogP contribution in [-0.2, 0) is 6.54 Å². The standard InChI is InChI=1S/C20H24N4O/c1-15-7-4-5-8-19(15)24-16(2)13-18(17(24)3)20(25)22-9-6-11-23-12-10-21-14-23/h4-5,7-8,10,12-14H,6,9,11H2,1-3H3,(H,22,25). The van der Waals surface area contributed by atoms with Gasteiger partial charge < -0.3 is 14.5 Å². The van der Waals surface area contributed by atoms with E-state index < -0.39 is 0 Å². The molecule has 2 aromatic heterocycles. The van der Waals surface area contributed by atoms with Crippen LogP contribution in [0.25, 0.3) is 5.69 Å². The Labute approximate surface area is 148 Å². The number of hydrogen-bond acceptors (Lipinski definition) is 2. The van der Waals surface area contributed by atoms with Gasteiger partial charge in [0.05, 0.1) is 11.9 Å². The summed E-state index contributed by atoms with van der Waals surface area (Å²) in [6.07, 6.45) is 6.35. The normalized spacial score (nSPS) is 10.8. The molecule has 1 aromatic carbocycles.